The van der Waals surface area contributed by atoms with Crippen LogP contribution in [0.15, 0.2) is 54.6 Å². The van der Waals surface area contributed by atoms with Crippen molar-refractivity contribution in [3.05, 3.63) is 71.5 Å². The first-order valence-electron chi connectivity index (χ1n) is 8.63. The lowest BCUT2D eigenvalue weighted by atomic mass is 9.93. The monoisotopic (exact) mass is 340 g/mol. The van der Waals surface area contributed by atoms with Gasteiger partial charge in [0.2, 0.25) is 5.91 Å². The number of nitrogens with one attached hydrogen (secondary N) is 1. The second kappa shape index (κ2) is 6.94. The van der Waals surface area contributed by atoms with Crippen molar-refractivity contribution in [2.45, 2.75) is 24.6 Å². The first kappa shape index (κ1) is 16.2. The summed E-state index contributed by atoms with van der Waals surface area (Å²) in [6.07, 6.45) is -0.0758. The Morgan fingerprint density at radius 3 is 2.68 bits per heavy atom. The summed E-state index contributed by atoms with van der Waals surface area (Å²) in [5, 5.41) is 2.92. The van der Waals surface area contributed by atoms with Crippen LogP contribution in [-0.2, 0) is 16.1 Å². The van der Waals surface area contributed by atoms with Crippen molar-refractivity contribution in [2.24, 2.45) is 0 Å². The average molecular weight is 340 g/mol. The molecule has 1 amide bonds. The molecule has 130 valence electrons. The molecule has 2 aromatic rings. The zero-order valence-electron chi connectivity index (χ0n) is 13.9. The minimum atomic E-state index is -0.194. The zero-order valence-corrected chi connectivity index (χ0v) is 13.9. The van der Waals surface area contributed by atoms with Crippen molar-refractivity contribution in [1.29, 1.82) is 0 Å². The molecule has 2 heterocycles. The number of fused-ring (bicyclic) bond motifs is 1. The van der Waals surface area contributed by atoms with Crippen LogP contribution in [0.25, 0.3) is 0 Å². The first-order valence-corrected chi connectivity index (χ1v) is 8.63. The first-order chi connectivity index (χ1) is 12.2. The van der Waals surface area contributed by atoms with Gasteiger partial charge in [0.1, 0.15) is 12.4 Å². The van der Waals surface area contributed by atoms with Crippen LogP contribution in [0.2, 0.25) is 0 Å². The van der Waals surface area contributed by atoms with E-state index in [4.69, 9.17) is 4.74 Å². The number of hydrogen-bond acceptors (Lipinski definition) is 3. The lowest BCUT2D eigenvalue weighted by Crippen LogP contribution is -2.42. The molecule has 0 aliphatic carbocycles. The summed E-state index contributed by atoms with van der Waals surface area (Å²) in [5.74, 6) is -0.112. The Bertz CT molecular complexity index is 752. The number of carbonyl (C=O) groups is 1. The lowest BCUT2D eigenvalue weighted by molar-refractivity contribution is -0.125. The normalized spacial score (nSPS) is 26.8. The summed E-state index contributed by atoms with van der Waals surface area (Å²) < 4.78 is 20.1. The molecular formula is C20H21FN2O2. The number of benzene rings is 2. The molecule has 4 rings (SSSR count). The van der Waals surface area contributed by atoms with Gasteiger partial charge in [0.05, 0.1) is 12.1 Å². The summed E-state index contributed by atoms with van der Waals surface area (Å²) in [4.78, 5) is 14.0. The molecular weight excluding hydrogens is 319 g/mol. The predicted molar refractivity (Wildman–Crippen MR) is 92.5 cm³/mol. The van der Waals surface area contributed by atoms with E-state index in [0.717, 1.165) is 6.54 Å². The quantitative estimate of drug-likeness (QED) is 0.932. The molecule has 3 atom stereocenters. The molecule has 25 heavy (non-hydrogen) atoms. The van der Waals surface area contributed by atoms with Crippen molar-refractivity contribution in [2.75, 3.05) is 19.7 Å². The van der Waals surface area contributed by atoms with Crippen molar-refractivity contribution >= 4 is 5.91 Å². The van der Waals surface area contributed by atoms with Crippen LogP contribution in [0.3, 0.4) is 0 Å². The Labute approximate surface area is 146 Å². The molecule has 2 aliphatic heterocycles. The van der Waals surface area contributed by atoms with E-state index in [1.165, 1.54) is 11.6 Å². The molecule has 0 bridgehead atoms. The topological polar surface area (TPSA) is 41.6 Å². The Balaban J connectivity index is 1.63. The van der Waals surface area contributed by atoms with Crippen molar-refractivity contribution in [3.8, 4) is 0 Å². The maximum absolute atomic E-state index is 14.1. The second-order valence-corrected chi connectivity index (χ2v) is 6.69. The number of amides is 1. The number of likely N-dealkylation sites (tertiary alicyclic amines) is 1. The van der Waals surface area contributed by atoms with Gasteiger partial charge in [-0.2, -0.15) is 0 Å². The fraction of sp³-hybridized carbons (Fsp3) is 0.350. The third kappa shape index (κ3) is 3.30. The summed E-state index contributed by atoms with van der Waals surface area (Å²) in [5.41, 5.74) is 1.87. The highest BCUT2D eigenvalue weighted by atomic mass is 19.1. The van der Waals surface area contributed by atoms with E-state index in [-0.39, 0.29) is 36.4 Å². The molecule has 4 nitrogen and oxygen atoms in total. The zero-order chi connectivity index (χ0) is 17.2. The van der Waals surface area contributed by atoms with Gasteiger partial charge in [-0.3, -0.25) is 9.69 Å². The van der Waals surface area contributed by atoms with Crippen molar-refractivity contribution in [3.63, 3.8) is 0 Å². The maximum atomic E-state index is 14.1. The third-order valence-corrected chi connectivity index (χ3v) is 5.15. The molecule has 2 saturated heterocycles. The van der Waals surface area contributed by atoms with E-state index in [0.29, 0.717) is 18.7 Å². The van der Waals surface area contributed by atoms with Crippen LogP contribution in [0.1, 0.15) is 17.0 Å². The third-order valence-electron chi connectivity index (χ3n) is 5.15. The van der Waals surface area contributed by atoms with Gasteiger partial charge in [-0.05, 0) is 11.6 Å². The van der Waals surface area contributed by atoms with Gasteiger partial charge in [-0.25, -0.2) is 4.39 Å². The second-order valence-electron chi connectivity index (χ2n) is 6.69. The highest BCUT2D eigenvalue weighted by molar-refractivity contribution is 5.77. The minimum absolute atomic E-state index is 0.0382. The molecule has 0 unspecified atom stereocenters. The van der Waals surface area contributed by atoms with E-state index in [1.807, 2.05) is 30.3 Å². The van der Waals surface area contributed by atoms with Crippen LogP contribution in [0.4, 0.5) is 4.39 Å². The Kier molecular flexibility index (Phi) is 4.51. The van der Waals surface area contributed by atoms with Gasteiger partial charge in [0.25, 0.3) is 0 Å². The predicted octanol–water partition coefficient (Wildman–Crippen LogP) is 2.31. The van der Waals surface area contributed by atoms with E-state index in [2.05, 4.69) is 22.3 Å². The van der Waals surface area contributed by atoms with Gasteiger partial charge < -0.3 is 10.1 Å². The summed E-state index contributed by atoms with van der Waals surface area (Å²) in [6.45, 7) is 1.90. The molecule has 5 heteroatoms. The molecule has 2 fully saturated rings. The largest absolute Gasteiger partial charge is 0.366 e. The summed E-state index contributed by atoms with van der Waals surface area (Å²) in [6, 6.07) is 17.1. The standard InChI is InChI=1S/C20H21FN2O2/c21-17-9-5-4-8-15(17)11-23-12-16(14-6-2-1-3-7-14)20-18(23)10-22-19(24)13-25-20/h1-9,16,18,20H,10-13H2,(H,22,24)/t16-,18-,20-/m1/s1. The van der Waals surface area contributed by atoms with Crippen molar-refractivity contribution < 1.29 is 13.9 Å². The van der Waals surface area contributed by atoms with Crippen molar-refractivity contribution in [1.82, 2.24) is 10.2 Å². The van der Waals surface area contributed by atoms with Gasteiger partial charge in [0, 0.05) is 31.1 Å². The molecule has 0 radical (unpaired) electrons. The molecule has 2 aromatic carbocycles. The van der Waals surface area contributed by atoms with Crippen LogP contribution < -0.4 is 5.32 Å². The Morgan fingerprint density at radius 1 is 1.12 bits per heavy atom. The SMILES string of the molecule is O=C1CO[C@@H]2[C@@H](c3ccccc3)CN(Cc3ccccc3F)[C@@H]2CN1. The minimum Gasteiger partial charge on any atom is -0.366 e. The van der Waals surface area contributed by atoms with Crippen LogP contribution in [0, 0.1) is 5.82 Å². The Hall–Kier alpha value is -2.24. The van der Waals surface area contributed by atoms with Crippen LogP contribution >= 0.6 is 0 Å². The highest BCUT2D eigenvalue weighted by Crippen LogP contribution is 2.36. The average Bonchev–Trinajstić information content (AvgIpc) is 2.86. The van der Waals surface area contributed by atoms with E-state index in [1.54, 1.807) is 6.07 Å². The Morgan fingerprint density at radius 2 is 1.88 bits per heavy atom. The smallest absolute Gasteiger partial charge is 0.246 e. The number of ether oxygens (including phenoxy) is 1. The molecule has 0 aromatic heterocycles. The molecule has 0 saturated carbocycles. The van der Waals surface area contributed by atoms with Gasteiger partial charge >= 0.3 is 0 Å². The summed E-state index contributed by atoms with van der Waals surface area (Å²) >= 11 is 0. The number of halogens is 1. The number of carbonyl (C=O) groups excluding carboxylic acids is 1. The fourth-order valence-electron chi connectivity index (χ4n) is 3.90. The number of nitrogens with zero attached hydrogens (tertiary/aromatic N) is 1. The maximum Gasteiger partial charge on any atom is 0.246 e. The number of rotatable bonds is 3. The molecule has 2 aliphatic rings. The van der Waals surface area contributed by atoms with E-state index >= 15 is 0 Å². The fourth-order valence-corrected chi connectivity index (χ4v) is 3.90. The van der Waals surface area contributed by atoms with Gasteiger partial charge in [-0.15, -0.1) is 0 Å². The molecule has 0 spiro atoms. The summed E-state index contributed by atoms with van der Waals surface area (Å²) in [7, 11) is 0. The highest BCUT2D eigenvalue weighted by Gasteiger charge is 2.44. The number of hydrogen-bond donors (Lipinski definition) is 1. The van der Waals surface area contributed by atoms with E-state index in [9.17, 15) is 9.18 Å². The lowest BCUT2D eigenvalue weighted by Gasteiger charge is -2.26. The van der Waals surface area contributed by atoms with Gasteiger partial charge in [-0.1, -0.05) is 48.5 Å². The van der Waals surface area contributed by atoms with Crippen LogP contribution in [0.5, 0.6) is 0 Å². The van der Waals surface area contributed by atoms with Gasteiger partial charge in [0.15, 0.2) is 0 Å². The van der Waals surface area contributed by atoms with E-state index < -0.39 is 0 Å². The van der Waals surface area contributed by atoms with Crippen LogP contribution in [-0.4, -0.2) is 42.6 Å². The molecule has 1 N–H and O–H groups in total.